The van der Waals surface area contributed by atoms with Crippen LogP contribution in [0.15, 0.2) is 17.8 Å². The van der Waals surface area contributed by atoms with Crippen molar-refractivity contribution in [3.63, 3.8) is 0 Å². The molecule has 58 valence electrons. The summed E-state index contributed by atoms with van der Waals surface area (Å²) in [5.41, 5.74) is -0.0603. The molecular weight excluding hydrogens is 126 g/mol. The maximum absolute atomic E-state index is 4.79. The van der Waals surface area contributed by atoms with Crippen molar-refractivity contribution >= 4 is 6.21 Å². The minimum absolute atomic E-state index is 0.0603. The van der Waals surface area contributed by atoms with E-state index in [1.165, 1.54) is 0 Å². The highest BCUT2D eigenvalue weighted by atomic mass is 16.6. The lowest BCUT2D eigenvalue weighted by Gasteiger charge is -2.10. The van der Waals surface area contributed by atoms with Crippen molar-refractivity contribution in [3.8, 4) is 0 Å². The van der Waals surface area contributed by atoms with Gasteiger partial charge < -0.3 is 4.84 Å². The third kappa shape index (κ3) is 4.13. The molecule has 0 aromatic carbocycles. The summed E-state index contributed by atoms with van der Waals surface area (Å²) in [6, 6.07) is 0. The summed E-state index contributed by atoms with van der Waals surface area (Å²) < 4.78 is 0. The van der Waals surface area contributed by atoms with Crippen molar-refractivity contribution in [1.29, 1.82) is 0 Å². The predicted molar refractivity (Wildman–Crippen MR) is 44.1 cm³/mol. The number of hydrogen-bond acceptors (Lipinski definition) is 2. The smallest absolute Gasteiger partial charge is 0.114 e. The summed E-state index contributed by atoms with van der Waals surface area (Å²) in [7, 11) is 0. The van der Waals surface area contributed by atoms with Crippen molar-refractivity contribution in [2.24, 2.45) is 10.6 Å². The van der Waals surface area contributed by atoms with Gasteiger partial charge in [0.25, 0.3) is 0 Å². The molecule has 0 amide bonds. The number of allylic oxidation sites excluding steroid dienone is 1. The van der Waals surface area contributed by atoms with E-state index in [1.807, 2.05) is 26.8 Å². The molecule has 0 N–H and O–H groups in total. The molecule has 10 heavy (non-hydrogen) atoms. The molecule has 0 rings (SSSR count). The Labute approximate surface area is 62.6 Å². The molecule has 0 aliphatic heterocycles. The Kier molecular flexibility index (Phi) is 3.77. The second-order valence-electron chi connectivity index (χ2n) is 2.68. The standard InChI is InChI=1S/C8H15NO/c1-5-8(3,4)7-9-10-6-2/h5,7H,1,6H2,2-4H3/b9-7+. The fourth-order valence-electron chi connectivity index (χ4n) is 0.300. The van der Waals surface area contributed by atoms with Crippen molar-refractivity contribution in [3.05, 3.63) is 12.7 Å². The normalized spacial score (nSPS) is 11.9. The van der Waals surface area contributed by atoms with Gasteiger partial charge in [0.1, 0.15) is 6.61 Å². The van der Waals surface area contributed by atoms with Gasteiger partial charge in [-0.1, -0.05) is 25.1 Å². The van der Waals surface area contributed by atoms with E-state index in [4.69, 9.17) is 4.84 Å². The van der Waals surface area contributed by atoms with E-state index in [1.54, 1.807) is 6.21 Å². The van der Waals surface area contributed by atoms with E-state index < -0.39 is 0 Å². The van der Waals surface area contributed by atoms with Gasteiger partial charge in [-0.05, 0) is 6.92 Å². The Bertz CT molecular complexity index is 127. The number of nitrogens with zero attached hydrogens (tertiary/aromatic N) is 1. The maximum atomic E-state index is 4.79. The summed E-state index contributed by atoms with van der Waals surface area (Å²) >= 11 is 0. The van der Waals surface area contributed by atoms with Crippen molar-refractivity contribution < 1.29 is 4.84 Å². The first-order valence-electron chi connectivity index (χ1n) is 3.42. The van der Waals surface area contributed by atoms with Gasteiger partial charge in [0, 0.05) is 5.41 Å². The van der Waals surface area contributed by atoms with Gasteiger partial charge in [0.2, 0.25) is 0 Å². The number of hydrogen-bond donors (Lipinski definition) is 0. The van der Waals surface area contributed by atoms with E-state index in [0.717, 1.165) is 0 Å². The van der Waals surface area contributed by atoms with Gasteiger partial charge in [0.15, 0.2) is 0 Å². The summed E-state index contributed by atoms with van der Waals surface area (Å²) in [4.78, 5) is 4.79. The van der Waals surface area contributed by atoms with Gasteiger partial charge in [-0.15, -0.1) is 6.58 Å². The van der Waals surface area contributed by atoms with Crippen LogP contribution in [-0.2, 0) is 4.84 Å². The van der Waals surface area contributed by atoms with Gasteiger partial charge in [-0.2, -0.15) is 0 Å². The lowest BCUT2D eigenvalue weighted by Crippen LogP contribution is -2.08. The molecule has 0 fully saturated rings. The van der Waals surface area contributed by atoms with E-state index in [2.05, 4.69) is 11.7 Å². The third-order valence-corrected chi connectivity index (χ3v) is 1.12. The molecule has 0 radical (unpaired) electrons. The van der Waals surface area contributed by atoms with Crippen LogP contribution in [0.4, 0.5) is 0 Å². The fraction of sp³-hybridized carbons (Fsp3) is 0.625. The van der Waals surface area contributed by atoms with E-state index in [9.17, 15) is 0 Å². The molecule has 0 unspecified atom stereocenters. The fourth-order valence-corrected chi connectivity index (χ4v) is 0.300. The van der Waals surface area contributed by atoms with Crippen LogP contribution in [0, 0.1) is 5.41 Å². The van der Waals surface area contributed by atoms with Crippen LogP contribution < -0.4 is 0 Å². The van der Waals surface area contributed by atoms with Crippen LogP contribution in [0.1, 0.15) is 20.8 Å². The predicted octanol–water partition coefficient (Wildman–Crippen LogP) is 2.22. The molecular formula is C8H15NO. The molecule has 0 saturated carbocycles. The Balaban J connectivity index is 3.74. The molecule has 2 heteroatoms. The molecule has 0 aromatic heterocycles. The quantitative estimate of drug-likeness (QED) is 0.334. The first-order valence-corrected chi connectivity index (χ1v) is 3.42. The highest BCUT2D eigenvalue weighted by Crippen LogP contribution is 2.11. The lowest BCUT2D eigenvalue weighted by atomic mass is 9.96. The van der Waals surface area contributed by atoms with E-state index >= 15 is 0 Å². The van der Waals surface area contributed by atoms with Crippen LogP contribution in [-0.4, -0.2) is 12.8 Å². The summed E-state index contributed by atoms with van der Waals surface area (Å²) in [6.07, 6.45) is 3.57. The second kappa shape index (κ2) is 4.09. The van der Waals surface area contributed by atoms with Gasteiger partial charge in [0.05, 0.1) is 6.21 Å². The molecule has 0 aliphatic rings. The summed E-state index contributed by atoms with van der Waals surface area (Å²) in [5, 5.41) is 3.74. The van der Waals surface area contributed by atoms with Crippen molar-refractivity contribution in [2.45, 2.75) is 20.8 Å². The molecule has 0 aromatic rings. The number of oxime groups is 1. The van der Waals surface area contributed by atoms with Gasteiger partial charge in [-0.3, -0.25) is 0 Å². The number of rotatable bonds is 4. The highest BCUT2D eigenvalue weighted by Gasteiger charge is 2.07. The van der Waals surface area contributed by atoms with E-state index in [0.29, 0.717) is 6.61 Å². The van der Waals surface area contributed by atoms with Crippen LogP contribution in [0.5, 0.6) is 0 Å². The summed E-state index contributed by atoms with van der Waals surface area (Å²) in [6.45, 7) is 10.2. The lowest BCUT2D eigenvalue weighted by molar-refractivity contribution is 0.158. The monoisotopic (exact) mass is 141 g/mol. The zero-order valence-electron chi connectivity index (χ0n) is 6.92. The molecule has 2 nitrogen and oxygen atoms in total. The molecule has 0 atom stereocenters. The van der Waals surface area contributed by atoms with Crippen LogP contribution in [0.3, 0.4) is 0 Å². The maximum Gasteiger partial charge on any atom is 0.114 e. The minimum atomic E-state index is -0.0603. The third-order valence-electron chi connectivity index (χ3n) is 1.12. The van der Waals surface area contributed by atoms with Crippen molar-refractivity contribution in [1.82, 2.24) is 0 Å². The minimum Gasteiger partial charge on any atom is -0.396 e. The van der Waals surface area contributed by atoms with Gasteiger partial charge in [-0.25, -0.2) is 0 Å². The van der Waals surface area contributed by atoms with Crippen LogP contribution in [0.25, 0.3) is 0 Å². The molecule has 0 spiro atoms. The first-order chi connectivity index (χ1) is 4.62. The Morgan fingerprint density at radius 1 is 1.60 bits per heavy atom. The first kappa shape index (κ1) is 9.21. The average Bonchev–Trinajstić information content (AvgIpc) is 1.89. The molecule has 0 bridgehead atoms. The highest BCUT2D eigenvalue weighted by molar-refractivity contribution is 5.66. The van der Waals surface area contributed by atoms with Gasteiger partial charge >= 0.3 is 0 Å². The molecule has 0 saturated heterocycles. The Morgan fingerprint density at radius 3 is 2.60 bits per heavy atom. The summed E-state index contributed by atoms with van der Waals surface area (Å²) in [5.74, 6) is 0. The Morgan fingerprint density at radius 2 is 2.20 bits per heavy atom. The molecule has 0 heterocycles. The zero-order chi connectivity index (χ0) is 8.04. The Hall–Kier alpha value is -0.790. The van der Waals surface area contributed by atoms with Crippen LogP contribution >= 0.6 is 0 Å². The van der Waals surface area contributed by atoms with Crippen molar-refractivity contribution in [2.75, 3.05) is 6.61 Å². The SMILES string of the molecule is C=CC(C)(C)/C=N/OCC. The topological polar surface area (TPSA) is 21.6 Å². The van der Waals surface area contributed by atoms with Crippen LogP contribution in [0.2, 0.25) is 0 Å². The zero-order valence-corrected chi connectivity index (χ0v) is 6.92. The largest absolute Gasteiger partial charge is 0.396 e. The van der Waals surface area contributed by atoms with E-state index in [-0.39, 0.29) is 5.41 Å². The second-order valence-corrected chi connectivity index (χ2v) is 2.68. The average molecular weight is 141 g/mol. The molecule has 0 aliphatic carbocycles.